The summed E-state index contributed by atoms with van der Waals surface area (Å²) in [6.07, 6.45) is 0. The predicted octanol–water partition coefficient (Wildman–Crippen LogP) is 7.37. The first-order chi connectivity index (χ1) is 16.6. The minimum atomic E-state index is -1.78. The van der Waals surface area contributed by atoms with Crippen LogP contribution in [-0.4, -0.2) is 90.0 Å². The Hall–Kier alpha value is 0.942. The van der Waals surface area contributed by atoms with Gasteiger partial charge in [0.15, 0.2) is 0 Å². The molecule has 0 unspecified atom stereocenters. The average Bonchev–Trinajstić information content (AvgIpc) is 2.63. The van der Waals surface area contributed by atoms with Crippen LogP contribution in [-0.2, 0) is 0 Å². The molecule has 3 rings (SSSR count). The molecule has 9 heteroatoms. The van der Waals surface area contributed by atoms with Crippen LogP contribution >= 0.6 is 10.1 Å². The number of benzene rings is 2. The fourth-order valence-electron chi connectivity index (χ4n) is 4.16. The second kappa shape index (κ2) is 12.4. The van der Waals surface area contributed by atoms with Gasteiger partial charge in [-0.05, 0) is 0 Å². The van der Waals surface area contributed by atoms with Crippen LogP contribution in [0.25, 0.3) is 0 Å². The minimum absolute atomic E-state index is 0.0495. The third-order valence-corrected chi connectivity index (χ3v) is 28.1. The molecule has 0 spiro atoms. The average molecular weight is 828 g/mol. The van der Waals surface area contributed by atoms with Gasteiger partial charge in [0.1, 0.15) is 0 Å². The van der Waals surface area contributed by atoms with Gasteiger partial charge < -0.3 is 0 Å². The van der Waals surface area contributed by atoms with Crippen molar-refractivity contribution < 1.29 is 0 Å². The van der Waals surface area contributed by atoms with E-state index in [0.717, 1.165) is 0 Å². The molecule has 1 aliphatic heterocycles. The van der Waals surface area contributed by atoms with Crippen LogP contribution in [0.5, 0.6) is 0 Å². The van der Waals surface area contributed by atoms with Gasteiger partial charge >= 0.3 is 262 Å². The Labute approximate surface area is 259 Å². The van der Waals surface area contributed by atoms with E-state index in [-0.39, 0.29) is 37.6 Å². The number of nitrogens with zero attached hydrogens (tertiary/aromatic N) is 4. The summed E-state index contributed by atoms with van der Waals surface area (Å²) in [7, 11) is 0. The standard InChI is InChI=1S/C16H36N4P2Te2.C12H10Ge/c1-13(2,3)17-21(23)19(15(7,8)9)22(24,18-14(4,5)6)20(21)16(10,11)12;1-3-7-11(8-4-1)13-12-9-5-2-6-10-12/h1-12H3;1-10H. The first-order valence-corrected chi connectivity index (χ1v) is 24.3. The number of hydrogen-bond acceptors (Lipinski definition) is 2. The maximum absolute atomic E-state index is 5.40. The van der Waals surface area contributed by atoms with E-state index in [1.54, 1.807) is 0 Å². The molecule has 4 radical (unpaired) electrons. The first kappa shape index (κ1) is 34.1. The summed E-state index contributed by atoms with van der Waals surface area (Å²) in [6.45, 7) is 27.3. The van der Waals surface area contributed by atoms with Crippen LogP contribution in [0.2, 0.25) is 0 Å². The van der Waals surface area contributed by atoms with Crippen molar-refractivity contribution in [2.45, 2.75) is 105 Å². The fourth-order valence-corrected chi connectivity index (χ4v) is 46.2. The van der Waals surface area contributed by atoms with Gasteiger partial charge in [0.05, 0.1) is 0 Å². The molecule has 204 valence electrons. The quantitative estimate of drug-likeness (QED) is 0.234. The molecule has 0 N–H and O–H groups in total. The van der Waals surface area contributed by atoms with Crippen LogP contribution in [0.4, 0.5) is 0 Å². The first-order valence-electron chi connectivity index (χ1n) is 12.8. The Morgan fingerprint density at radius 3 is 1.03 bits per heavy atom. The van der Waals surface area contributed by atoms with Crippen molar-refractivity contribution in [3.05, 3.63) is 60.7 Å². The zero-order valence-corrected chi connectivity index (χ0v) is 33.3. The Morgan fingerprint density at radius 2 is 0.811 bits per heavy atom. The van der Waals surface area contributed by atoms with Crippen molar-refractivity contribution in [3.8, 4) is 0 Å². The molecular weight excluding hydrogens is 782 g/mol. The predicted molar refractivity (Wildman–Crippen MR) is 171 cm³/mol. The number of rotatable bonds is 2. The molecule has 1 aliphatic rings. The van der Waals surface area contributed by atoms with Crippen LogP contribution < -0.4 is 8.79 Å². The Bertz CT molecular complexity index is 1040. The molecule has 0 aliphatic carbocycles. The summed E-state index contributed by atoms with van der Waals surface area (Å²) in [5, 5.41) is -3.55. The van der Waals surface area contributed by atoms with E-state index in [1.807, 2.05) is 0 Å². The van der Waals surface area contributed by atoms with Crippen molar-refractivity contribution in [2.24, 2.45) is 9.49 Å². The van der Waals surface area contributed by atoms with Crippen LogP contribution in [0, 0.1) is 0 Å². The summed E-state index contributed by atoms with van der Waals surface area (Å²) in [4.78, 5) is 0. The number of hydrogen-bond donors (Lipinski definition) is 0. The van der Waals surface area contributed by atoms with Gasteiger partial charge in [0.2, 0.25) is 0 Å². The molecule has 1 heterocycles. The summed E-state index contributed by atoms with van der Waals surface area (Å²) in [5.41, 5.74) is 0.0149. The van der Waals surface area contributed by atoms with Crippen molar-refractivity contribution in [2.75, 3.05) is 0 Å². The van der Waals surface area contributed by atoms with E-state index >= 15 is 0 Å². The van der Waals surface area contributed by atoms with Crippen molar-refractivity contribution in [1.29, 1.82) is 0 Å². The molecule has 4 nitrogen and oxygen atoms in total. The molecule has 1 saturated heterocycles. The topological polar surface area (TPSA) is 31.2 Å². The molecule has 0 aromatic heterocycles. The summed E-state index contributed by atoms with van der Waals surface area (Å²) < 4.78 is 19.2. The molecule has 0 bridgehead atoms. The zero-order chi connectivity index (χ0) is 28.5. The van der Waals surface area contributed by atoms with Gasteiger partial charge in [0, 0.05) is 0 Å². The second-order valence-corrected chi connectivity index (χ2v) is 29.4. The van der Waals surface area contributed by atoms with Crippen molar-refractivity contribution >= 4 is 77.8 Å². The van der Waals surface area contributed by atoms with Gasteiger partial charge in [-0.2, -0.15) is 0 Å². The third-order valence-electron chi connectivity index (χ3n) is 4.88. The van der Waals surface area contributed by atoms with Gasteiger partial charge in [0.25, 0.3) is 0 Å². The molecule has 0 saturated carbocycles. The van der Waals surface area contributed by atoms with Crippen LogP contribution in [0.3, 0.4) is 0 Å². The normalized spacial score (nSPS) is 23.5. The van der Waals surface area contributed by atoms with Crippen molar-refractivity contribution in [1.82, 2.24) is 8.88 Å². The summed E-state index contributed by atoms with van der Waals surface area (Å²) >= 11 is 4.47. The SMILES string of the molecule is CC(C)(C)N=P1([Te])N(C(C)(C)C)P([Te])(=NC(C)(C)C)N1C(C)(C)C.c1cc[c]([Ge][c]2ccccc2)cc1. The van der Waals surface area contributed by atoms with Gasteiger partial charge in [-0.3, -0.25) is 0 Å². The molecule has 0 amide bonds. The molecular formula is C28H46GeN4P2Te2. The fraction of sp³-hybridized carbons (Fsp3) is 0.571. The maximum atomic E-state index is 5.40. The Morgan fingerprint density at radius 1 is 0.541 bits per heavy atom. The van der Waals surface area contributed by atoms with Crippen LogP contribution in [0.15, 0.2) is 70.2 Å². The van der Waals surface area contributed by atoms with E-state index in [1.165, 1.54) is 8.79 Å². The summed E-state index contributed by atoms with van der Waals surface area (Å²) in [5.74, 6) is 0. The third kappa shape index (κ3) is 9.49. The molecule has 0 atom stereocenters. The molecule has 2 aromatic carbocycles. The van der Waals surface area contributed by atoms with Gasteiger partial charge in [-0.25, -0.2) is 0 Å². The monoisotopic (exact) mass is 834 g/mol. The van der Waals surface area contributed by atoms with E-state index in [0.29, 0.717) is 0 Å². The van der Waals surface area contributed by atoms with Gasteiger partial charge in [-0.15, -0.1) is 0 Å². The molecule has 1 fully saturated rings. The van der Waals surface area contributed by atoms with E-state index < -0.39 is 10.1 Å². The summed E-state index contributed by atoms with van der Waals surface area (Å²) in [6, 6.07) is 21.5. The van der Waals surface area contributed by atoms with Crippen LogP contribution in [0.1, 0.15) is 83.1 Å². The van der Waals surface area contributed by atoms with E-state index in [9.17, 15) is 0 Å². The van der Waals surface area contributed by atoms with Gasteiger partial charge in [-0.1, -0.05) is 0 Å². The van der Waals surface area contributed by atoms with Crippen molar-refractivity contribution in [3.63, 3.8) is 0 Å². The molecule has 37 heavy (non-hydrogen) atoms. The zero-order valence-electron chi connectivity index (χ0n) is 24.8. The Balaban J connectivity index is 0.000000308. The second-order valence-electron chi connectivity index (χ2n) is 13.3. The van der Waals surface area contributed by atoms with E-state index in [4.69, 9.17) is 9.49 Å². The Kier molecular flexibility index (Phi) is 11.5. The van der Waals surface area contributed by atoms with E-state index in [2.05, 4.69) is 196 Å². The molecule has 2 aromatic rings.